The summed E-state index contributed by atoms with van der Waals surface area (Å²) in [4.78, 5) is 37.0. The second kappa shape index (κ2) is 9.25. The van der Waals surface area contributed by atoms with E-state index in [0.717, 1.165) is 37.6 Å². The Balaban J connectivity index is 1.58. The monoisotopic (exact) mass is 443 g/mol. The van der Waals surface area contributed by atoms with E-state index in [1.807, 2.05) is 35.2 Å². The number of β-amino-alcohol motifs (C(OH)–C–C–N with tert-alkyl or cyclic N) is 1. The maximum atomic E-state index is 13.1. The minimum Gasteiger partial charge on any atom is -0.491 e. The first-order valence-electron chi connectivity index (χ1n) is 11.0. The molecular weight excluding hydrogens is 412 g/mol. The molecule has 0 aromatic heterocycles. The Bertz CT molecular complexity index is 924. The lowest BCUT2D eigenvalue weighted by molar-refractivity contribution is -0.544. The first-order chi connectivity index (χ1) is 15.4. The highest BCUT2D eigenvalue weighted by molar-refractivity contribution is 6.25. The summed E-state index contributed by atoms with van der Waals surface area (Å²) < 4.78 is 7.84. The van der Waals surface area contributed by atoms with Crippen LogP contribution in [0.5, 0.6) is 5.75 Å². The Morgan fingerprint density at radius 3 is 2.50 bits per heavy atom. The lowest BCUT2D eigenvalue weighted by atomic mass is 10.1. The quantitative estimate of drug-likeness (QED) is 0.609. The molecule has 10 heteroatoms. The Kier molecular flexibility index (Phi) is 6.43. The topological polar surface area (TPSA) is 91.9 Å². The second-order valence-electron chi connectivity index (χ2n) is 8.26. The molecule has 1 N–H and O–H groups in total. The predicted octanol–water partition coefficient (Wildman–Crippen LogP) is -0.263. The average molecular weight is 444 g/mol. The number of nitrogens with zero attached hydrogens (tertiary/aromatic N) is 6. The van der Waals surface area contributed by atoms with Gasteiger partial charge < -0.3 is 9.84 Å². The number of rotatable bonds is 6. The number of aliphatic hydroxyl groups excluding tert-OH is 1. The van der Waals surface area contributed by atoms with Crippen LogP contribution in [0.15, 0.2) is 35.3 Å². The third-order valence-corrected chi connectivity index (χ3v) is 6.21. The van der Waals surface area contributed by atoms with Crippen molar-refractivity contribution in [3.63, 3.8) is 0 Å². The summed E-state index contributed by atoms with van der Waals surface area (Å²) in [7, 11) is 3.10. The summed E-state index contributed by atoms with van der Waals surface area (Å²) in [5, 5.41) is 10.8. The predicted molar refractivity (Wildman–Crippen MR) is 119 cm³/mol. The number of aliphatic hydroxyl groups is 1. The number of benzene rings is 1. The van der Waals surface area contributed by atoms with Crippen LogP contribution in [-0.4, -0.2) is 125 Å². The Morgan fingerprint density at radius 2 is 1.84 bits per heavy atom. The summed E-state index contributed by atoms with van der Waals surface area (Å²) in [6, 6.07) is 8.14. The molecule has 1 aromatic carbocycles. The number of hydrogen-bond donors (Lipinski definition) is 1. The fraction of sp³-hybridized carbons (Fsp3) is 0.545. The number of imide groups is 1. The molecule has 32 heavy (non-hydrogen) atoms. The van der Waals surface area contributed by atoms with Crippen molar-refractivity contribution in [1.29, 1.82) is 0 Å². The van der Waals surface area contributed by atoms with E-state index in [4.69, 9.17) is 9.73 Å². The van der Waals surface area contributed by atoms with Crippen molar-refractivity contribution in [2.75, 3.05) is 60.0 Å². The molecule has 0 bridgehead atoms. The van der Waals surface area contributed by atoms with Crippen molar-refractivity contribution < 1.29 is 24.0 Å². The van der Waals surface area contributed by atoms with E-state index in [1.54, 1.807) is 7.05 Å². The lowest BCUT2D eigenvalue weighted by Gasteiger charge is -2.34. The Morgan fingerprint density at radius 1 is 1.16 bits per heavy atom. The molecule has 3 aliphatic heterocycles. The minimum absolute atomic E-state index is 0.0816. The largest absolute Gasteiger partial charge is 0.491 e. The maximum absolute atomic E-state index is 13.1. The molecular formula is C22H31N6O4+. The second-order valence-corrected chi connectivity index (χ2v) is 8.26. The van der Waals surface area contributed by atoms with Crippen LogP contribution < -0.4 is 4.74 Å². The van der Waals surface area contributed by atoms with Gasteiger partial charge in [0.1, 0.15) is 18.5 Å². The van der Waals surface area contributed by atoms with Gasteiger partial charge in [-0.25, -0.2) is 9.69 Å². The molecule has 3 heterocycles. The molecule has 1 aromatic rings. The van der Waals surface area contributed by atoms with Crippen LogP contribution in [0.4, 0.5) is 4.79 Å². The Labute approximate surface area is 188 Å². The van der Waals surface area contributed by atoms with Crippen molar-refractivity contribution >= 4 is 23.7 Å². The number of aliphatic imine (C=N–C) groups is 1. The van der Waals surface area contributed by atoms with Crippen LogP contribution in [-0.2, 0) is 4.79 Å². The molecule has 0 radical (unpaired) electrons. The van der Waals surface area contributed by atoms with Gasteiger partial charge in [0.25, 0.3) is 5.91 Å². The number of carbonyl (C=O) groups is 2. The third-order valence-electron chi connectivity index (χ3n) is 6.21. The van der Waals surface area contributed by atoms with Crippen LogP contribution in [0.25, 0.3) is 0 Å². The summed E-state index contributed by atoms with van der Waals surface area (Å²) in [5.74, 6) is 1.36. The molecule has 2 unspecified atom stereocenters. The summed E-state index contributed by atoms with van der Waals surface area (Å²) in [6.45, 7) is 6.69. The molecule has 0 spiro atoms. The van der Waals surface area contributed by atoms with E-state index in [-0.39, 0.29) is 19.1 Å². The SMILES string of the molecule is CCN1CC[N+](=C2N=C3C(C(=O)N(C)C(=O)N3C)N2CC(O)COc2ccccc2)CC1. The van der Waals surface area contributed by atoms with Crippen molar-refractivity contribution in [3.05, 3.63) is 30.3 Å². The maximum Gasteiger partial charge on any atom is 0.392 e. The molecule has 2 fully saturated rings. The lowest BCUT2D eigenvalue weighted by Crippen LogP contribution is -2.63. The van der Waals surface area contributed by atoms with E-state index in [0.29, 0.717) is 17.5 Å². The van der Waals surface area contributed by atoms with E-state index >= 15 is 0 Å². The molecule has 2 saturated heterocycles. The number of piperazine rings is 1. The van der Waals surface area contributed by atoms with Crippen LogP contribution in [0.2, 0.25) is 0 Å². The summed E-state index contributed by atoms with van der Waals surface area (Å²) >= 11 is 0. The van der Waals surface area contributed by atoms with Crippen LogP contribution >= 0.6 is 0 Å². The Hall–Kier alpha value is -2.98. The van der Waals surface area contributed by atoms with Gasteiger partial charge in [-0.1, -0.05) is 30.1 Å². The van der Waals surface area contributed by atoms with E-state index in [1.165, 1.54) is 11.9 Å². The van der Waals surface area contributed by atoms with Gasteiger partial charge in [-0.15, -0.1) is 0 Å². The van der Waals surface area contributed by atoms with Crippen molar-refractivity contribution in [2.24, 2.45) is 4.99 Å². The smallest absolute Gasteiger partial charge is 0.392 e. The number of carbonyl (C=O) groups excluding carboxylic acids is 2. The first kappa shape index (κ1) is 22.2. The van der Waals surface area contributed by atoms with E-state index in [9.17, 15) is 14.7 Å². The van der Waals surface area contributed by atoms with Gasteiger partial charge in [0.15, 0.2) is 0 Å². The van der Waals surface area contributed by atoms with Crippen LogP contribution in [0.1, 0.15) is 6.92 Å². The molecule has 0 aliphatic carbocycles. The number of amidine groups is 1. The molecule has 4 rings (SSSR count). The molecule has 172 valence electrons. The summed E-state index contributed by atoms with van der Waals surface area (Å²) in [6.07, 6.45) is -0.849. The van der Waals surface area contributed by atoms with Crippen molar-refractivity contribution in [1.82, 2.24) is 19.6 Å². The zero-order valence-electron chi connectivity index (χ0n) is 18.8. The number of urea groups is 1. The first-order valence-corrected chi connectivity index (χ1v) is 11.0. The number of ether oxygens (including phenoxy) is 1. The number of amides is 3. The van der Waals surface area contributed by atoms with E-state index < -0.39 is 18.2 Å². The van der Waals surface area contributed by atoms with Gasteiger partial charge >= 0.3 is 12.0 Å². The van der Waals surface area contributed by atoms with Crippen LogP contribution in [0.3, 0.4) is 0 Å². The highest BCUT2D eigenvalue weighted by Crippen LogP contribution is 2.24. The highest BCUT2D eigenvalue weighted by atomic mass is 16.5. The number of para-hydroxylation sites is 1. The van der Waals surface area contributed by atoms with Crippen molar-refractivity contribution in [2.45, 2.75) is 19.1 Å². The molecule has 3 aliphatic rings. The summed E-state index contributed by atoms with van der Waals surface area (Å²) in [5.41, 5.74) is 0. The zero-order valence-corrected chi connectivity index (χ0v) is 18.8. The van der Waals surface area contributed by atoms with Gasteiger partial charge in [-0.05, 0) is 18.7 Å². The highest BCUT2D eigenvalue weighted by Gasteiger charge is 2.55. The fourth-order valence-corrected chi connectivity index (χ4v) is 4.28. The number of guanidine groups is 1. The molecule has 3 amide bonds. The zero-order chi connectivity index (χ0) is 22.8. The van der Waals surface area contributed by atoms with Gasteiger partial charge in [0.2, 0.25) is 11.9 Å². The average Bonchev–Trinajstić information content (AvgIpc) is 3.20. The third kappa shape index (κ3) is 4.20. The van der Waals surface area contributed by atoms with Gasteiger partial charge in [-0.3, -0.25) is 24.1 Å². The molecule has 2 atom stereocenters. The minimum atomic E-state index is -0.849. The van der Waals surface area contributed by atoms with Crippen LogP contribution in [0, 0.1) is 0 Å². The number of hydrogen-bond acceptors (Lipinski definition) is 5. The van der Waals surface area contributed by atoms with Crippen molar-refractivity contribution in [3.8, 4) is 5.75 Å². The fourth-order valence-electron chi connectivity index (χ4n) is 4.28. The molecule has 0 saturated carbocycles. The molecule has 10 nitrogen and oxygen atoms in total. The normalized spacial score (nSPS) is 22.9. The van der Waals surface area contributed by atoms with Gasteiger partial charge in [-0.2, -0.15) is 0 Å². The number of fused-ring (bicyclic) bond motifs is 1. The van der Waals surface area contributed by atoms with Gasteiger partial charge in [0, 0.05) is 27.2 Å². The van der Waals surface area contributed by atoms with Gasteiger partial charge in [0.05, 0.1) is 19.6 Å². The van der Waals surface area contributed by atoms with E-state index in [2.05, 4.69) is 16.4 Å². The number of likely N-dealkylation sites (N-methyl/N-ethyl adjacent to an activating group) is 3. The standard InChI is InChI=1S/C22H31N6O4/c1-4-26-10-12-27(13-11-26)21-23-19-18(20(30)25(3)22(31)24(19)2)28(21)14-16(29)15-32-17-8-6-5-7-9-17/h5-9,16,18,29H,4,10-15H2,1-3H3/q+1.